The number of nitrogen functional groups attached to an aromatic ring is 1. The van der Waals surface area contributed by atoms with Crippen LogP contribution in [-0.4, -0.2) is 34.5 Å². The Morgan fingerprint density at radius 3 is 2.59 bits per heavy atom. The first-order valence-corrected chi connectivity index (χ1v) is 12.2. The molecule has 6 rings (SSSR count). The average molecular weight is 515 g/mol. The zero-order chi connectivity index (χ0) is 26.9. The van der Waals surface area contributed by atoms with Crippen LogP contribution in [0.25, 0.3) is 16.9 Å². The summed E-state index contributed by atoms with van der Waals surface area (Å²) in [6.45, 7) is 1.81. The van der Waals surface area contributed by atoms with Gasteiger partial charge in [-0.3, -0.25) is 18.7 Å². The molecule has 0 aliphatic carbocycles. The number of nitrogens with two attached hydrogens (primary N) is 1. The number of aromatic nitrogens is 6. The number of benzene rings is 1. The second kappa shape index (κ2) is 9.64. The van der Waals surface area contributed by atoms with E-state index < -0.39 is 11.9 Å². The van der Waals surface area contributed by atoms with Crippen LogP contribution in [0.2, 0.25) is 0 Å². The summed E-state index contributed by atoms with van der Waals surface area (Å²) in [6, 6.07) is 19.5. The zero-order valence-corrected chi connectivity index (χ0v) is 20.8. The van der Waals surface area contributed by atoms with E-state index in [1.165, 1.54) is 4.52 Å². The molecular weight excluding hydrogens is 492 g/mol. The highest BCUT2D eigenvalue weighted by molar-refractivity contribution is 6.04. The number of amides is 1. The van der Waals surface area contributed by atoms with E-state index in [0.29, 0.717) is 28.2 Å². The van der Waals surface area contributed by atoms with Crippen molar-refractivity contribution in [2.24, 2.45) is 0 Å². The molecule has 6 aromatic rings. The van der Waals surface area contributed by atoms with E-state index in [4.69, 9.17) is 5.73 Å². The van der Waals surface area contributed by atoms with Gasteiger partial charge in [0.25, 0.3) is 5.91 Å². The highest BCUT2D eigenvalue weighted by Gasteiger charge is 2.24. The van der Waals surface area contributed by atoms with Gasteiger partial charge in [0.1, 0.15) is 11.3 Å². The van der Waals surface area contributed by atoms with Gasteiger partial charge in [0.05, 0.1) is 22.9 Å². The van der Waals surface area contributed by atoms with Gasteiger partial charge in [-0.2, -0.15) is 0 Å². The maximum Gasteiger partial charge on any atom is 0.338 e. The van der Waals surface area contributed by atoms with E-state index in [0.717, 1.165) is 5.56 Å². The minimum atomic E-state index is -0.574. The number of rotatable bonds is 4. The highest BCUT2D eigenvalue weighted by Crippen LogP contribution is 2.22. The van der Waals surface area contributed by atoms with E-state index in [1.54, 1.807) is 58.0 Å². The Kier molecular flexibility index (Phi) is 5.86. The van der Waals surface area contributed by atoms with Crippen molar-refractivity contribution in [1.82, 2.24) is 33.9 Å². The molecule has 0 spiro atoms. The van der Waals surface area contributed by atoms with E-state index in [1.807, 2.05) is 49.4 Å². The number of para-hydroxylation sites is 1. The topological polar surface area (TPSA) is 125 Å². The molecule has 1 amide bonds. The predicted molar refractivity (Wildman–Crippen MR) is 146 cm³/mol. The normalized spacial score (nSPS) is 11.7. The molecule has 0 aliphatic rings. The number of pyridine rings is 1. The minimum absolute atomic E-state index is 0.0679. The van der Waals surface area contributed by atoms with Crippen LogP contribution in [0.3, 0.4) is 0 Å². The van der Waals surface area contributed by atoms with Crippen molar-refractivity contribution in [3.8, 4) is 17.5 Å². The quantitative estimate of drug-likeness (QED) is 0.349. The summed E-state index contributed by atoms with van der Waals surface area (Å²) in [5.41, 5.74) is 9.49. The van der Waals surface area contributed by atoms with Crippen molar-refractivity contribution in [3.05, 3.63) is 125 Å². The summed E-state index contributed by atoms with van der Waals surface area (Å²) < 4.78 is 4.59. The molecule has 1 aromatic carbocycles. The number of nitrogens with one attached hydrogen (secondary N) is 1. The first-order chi connectivity index (χ1) is 19.0. The van der Waals surface area contributed by atoms with Crippen molar-refractivity contribution >= 4 is 22.9 Å². The third kappa shape index (κ3) is 4.28. The number of hydrogen-bond acceptors (Lipinski definition) is 6. The van der Waals surface area contributed by atoms with Crippen LogP contribution < -0.4 is 16.7 Å². The van der Waals surface area contributed by atoms with Crippen molar-refractivity contribution in [1.29, 1.82) is 0 Å². The van der Waals surface area contributed by atoms with Crippen LogP contribution in [0.4, 0.5) is 5.82 Å². The molecule has 0 unspecified atom stereocenters. The van der Waals surface area contributed by atoms with Gasteiger partial charge in [-0.15, -0.1) is 5.10 Å². The average Bonchev–Trinajstić information content (AvgIpc) is 3.52. The first kappa shape index (κ1) is 23.7. The van der Waals surface area contributed by atoms with Crippen LogP contribution in [0, 0.1) is 11.8 Å². The van der Waals surface area contributed by atoms with Crippen molar-refractivity contribution in [2.45, 2.75) is 13.0 Å². The fourth-order valence-electron chi connectivity index (χ4n) is 4.49. The van der Waals surface area contributed by atoms with Gasteiger partial charge < -0.3 is 11.1 Å². The molecule has 10 nitrogen and oxygen atoms in total. The van der Waals surface area contributed by atoms with E-state index >= 15 is 0 Å². The van der Waals surface area contributed by atoms with Gasteiger partial charge in [0.15, 0.2) is 11.5 Å². The lowest BCUT2D eigenvalue weighted by molar-refractivity contribution is 0.0941. The second-order valence-corrected chi connectivity index (χ2v) is 8.83. The van der Waals surface area contributed by atoms with Gasteiger partial charge in [-0.1, -0.05) is 24.1 Å². The number of nitrogens with zero attached hydrogens (tertiary/aromatic N) is 6. The summed E-state index contributed by atoms with van der Waals surface area (Å²) >= 11 is 0. The third-order valence-corrected chi connectivity index (χ3v) is 6.32. The monoisotopic (exact) mass is 514 g/mol. The predicted octanol–water partition coefficient (Wildman–Crippen LogP) is 3.00. The Balaban J connectivity index is 1.45. The zero-order valence-electron chi connectivity index (χ0n) is 20.8. The van der Waals surface area contributed by atoms with Crippen LogP contribution in [0.1, 0.15) is 40.3 Å². The Morgan fingerprint density at radius 1 is 1.00 bits per heavy atom. The molecule has 10 heteroatoms. The molecule has 0 saturated carbocycles. The number of carbonyl (C=O) groups is 1. The van der Waals surface area contributed by atoms with Gasteiger partial charge >= 0.3 is 5.69 Å². The summed E-state index contributed by atoms with van der Waals surface area (Å²) in [5.74, 6) is 5.80. The lowest BCUT2D eigenvalue weighted by Crippen LogP contribution is -2.34. The summed E-state index contributed by atoms with van der Waals surface area (Å²) in [7, 11) is 0. The molecular formula is C29H22N8O2. The van der Waals surface area contributed by atoms with Gasteiger partial charge in [-0.25, -0.2) is 14.3 Å². The number of carbonyl (C=O) groups excluding carboxylic acids is 1. The second-order valence-electron chi connectivity index (χ2n) is 8.83. The molecule has 0 saturated heterocycles. The summed E-state index contributed by atoms with van der Waals surface area (Å²) in [6.07, 6.45) is 6.57. The minimum Gasteiger partial charge on any atom is -0.381 e. The van der Waals surface area contributed by atoms with Crippen LogP contribution in [-0.2, 0) is 0 Å². The van der Waals surface area contributed by atoms with Gasteiger partial charge in [-0.05, 0) is 61.4 Å². The third-order valence-electron chi connectivity index (χ3n) is 6.32. The van der Waals surface area contributed by atoms with Crippen LogP contribution >= 0.6 is 0 Å². The first-order valence-electron chi connectivity index (χ1n) is 12.2. The molecule has 0 aliphatic heterocycles. The SMILES string of the molecule is C[C@H](NC(=O)c1c(N)nn2cccnc12)c1cc2ccc(C#Cc3ccncc3)n2c(=O)n1-c1ccccc1. The number of hydrogen-bond donors (Lipinski definition) is 2. The molecule has 1 atom stereocenters. The standard InChI is InChI=1S/C29H22N8O2/c1-19(33-28(38)25-26(30)34-35-17-5-14-32-27(25)35)24-18-23-11-10-22(9-8-20-12-15-31-16-13-20)36(23)29(39)37(24)21-6-3-2-4-7-21/h2-7,10-19H,1H3,(H2,30,34)(H,33,38)/t19-/m0/s1. The van der Waals surface area contributed by atoms with E-state index in [2.05, 4.69) is 32.2 Å². The molecule has 3 N–H and O–H groups in total. The number of anilines is 1. The lowest BCUT2D eigenvalue weighted by atomic mass is 10.1. The Labute approximate surface area is 222 Å². The maximum atomic E-state index is 14.0. The fraction of sp³-hybridized carbons (Fsp3) is 0.0690. The molecule has 39 heavy (non-hydrogen) atoms. The molecule has 0 radical (unpaired) electrons. The molecule has 5 aromatic heterocycles. The molecule has 0 fully saturated rings. The highest BCUT2D eigenvalue weighted by atomic mass is 16.2. The van der Waals surface area contributed by atoms with Crippen molar-refractivity contribution in [3.63, 3.8) is 0 Å². The maximum absolute atomic E-state index is 14.0. The Bertz CT molecular complexity index is 1960. The van der Waals surface area contributed by atoms with Crippen LogP contribution in [0.15, 0.2) is 96.3 Å². The van der Waals surface area contributed by atoms with E-state index in [9.17, 15) is 9.59 Å². The lowest BCUT2D eigenvalue weighted by Gasteiger charge is -2.20. The van der Waals surface area contributed by atoms with Crippen molar-refractivity contribution < 1.29 is 4.79 Å². The Hall–Kier alpha value is -5.69. The van der Waals surface area contributed by atoms with Gasteiger partial charge in [0, 0.05) is 30.4 Å². The largest absolute Gasteiger partial charge is 0.381 e. The summed E-state index contributed by atoms with van der Waals surface area (Å²) in [4.78, 5) is 35.6. The molecule has 190 valence electrons. The smallest absolute Gasteiger partial charge is 0.338 e. The van der Waals surface area contributed by atoms with Crippen molar-refractivity contribution in [2.75, 3.05) is 5.73 Å². The van der Waals surface area contributed by atoms with Crippen LogP contribution in [0.5, 0.6) is 0 Å². The van der Waals surface area contributed by atoms with Gasteiger partial charge in [0.2, 0.25) is 0 Å². The summed E-state index contributed by atoms with van der Waals surface area (Å²) in [5, 5.41) is 7.14. The molecule has 5 heterocycles. The molecule has 0 bridgehead atoms. The fourth-order valence-corrected chi connectivity index (χ4v) is 4.49. The Morgan fingerprint density at radius 2 is 1.79 bits per heavy atom. The number of fused-ring (bicyclic) bond motifs is 2. The van der Waals surface area contributed by atoms with E-state index in [-0.39, 0.29) is 17.1 Å².